The summed E-state index contributed by atoms with van der Waals surface area (Å²) < 4.78 is 22.9. The van der Waals surface area contributed by atoms with Crippen LogP contribution in [-0.4, -0.2) is 36.0 Å². The van der Waals surface area contributed by atoms with Gasteiger partial charge in [-0.3, -0.25) is 10.4 Å². The molecule has 4 nitrogen and oxygen atoms in total. The van der Waals surface area contributed by atoms with Crippen molar-refractivity contribution in [3.63, 3.8) is 0 Å². The van der Waals surface area contributed by atoms with Crippen LogP contribution in [0.2, 0.25) is 0 Å². The lowest BCUT2D eigenvalue weighted by Crippen LogP contribution is -2.11. The lowest BCUT2D eigenvalue weighted by atomic mass is 10.3. The highest BCUT2D eigenvalue weighted by atomic mass is 19.3. The van der Waals surface area contributed by atoms with Gasteiger partial charge in [0, 0.05) is 12.6 Å². The molecular formula is C6H8F2N2O2. The summed E-state index contributed by atoms with van der Waals surface area (Å²) in [5, 5.41) is 14.9. The molecule has 0 aliphatic heterocycles. The van der Waals surface area contributed by atoms with Crippen LogP contribution in [0, 0.1) is 5.41 Å². The fraction of sp³-hybridized carbons (Fsp3) is 0.500. The number of carboxylic acid groups (broad SMARTS) is 1. The van der Waals surface area contributed by atoms with Gasteiger partial charge in [0.15, 0.2) is 0 Å². The van der Waals surface area contributed by atoms with Gasteiger partial charge in [-0.05, 0) is 0 Å². The highest BCUT2D eigenvalue weighted by molar-refractivity contribution is 6.36. The van der Waals surface area contributed by atoms with E-state index >= 15 is 0 Å². The van der Waals surface area contributed by atoms with E-state index in [1.807, 2.05) is 0 Å². The van der Waals surface area contributed by atoms with E-state index in [2.05, 4.69) is 4.99 Å². The van der Waals surface area contributed by atoms with Crippen molar-refractivity contribution < 1.29 is 18.7 Å². The molecule has 0 amide bonds. The molecule has 0 radical (unpaired) electrons. The molecule has 0 spiro atoms. The Kier molecular flexibility index (Phi) is 4.75. The molecule has 0 bridgehead atoms. The quantitative estimate of drug-likeness (QED) is 0.611. The Hall–Kier alpha value is -1.33. The molecule has 0 heterocycles. The van der Waals surface area contributed by atoms with E-state index < -0.39 is 24.7 Å². The molecule has 0 saturated carbocycles. The van der Waals surface area contributed by atoms with Crippen molar-refractivity contribution in [2.45, 2.75) is 12.8 Å². The average molecular weight is 178 g/mol. The fourth-order valence-electron chi connectivity index (χ4n) is 0.397. The number of aliphatic carboxylic acids is 1. The first-order valence-corrected chi connectivity index (χ1v) is 3.11. The van der Waals surface area contributed by atoms with Crippen molar-refractivity contribution in [1.82, 2.24) is 0 Å². The maximum Gasteiger partial charge on any atom is 0.349 e. The van der Waals surface area contributed by atoms with Crippen molar-refractivity contribution in [3.05, 3.63) is 0 Å². The standard InChI is InChI=1S/C6H8F2N2O2/c7-5(8)3-10-2-1-4(9)6(11)12/h2,5,9H,1,3H2,(H,11,12). The molecule has 0 unspecified atom stereocenters. The third kappa shape index (κ3) is 5.45. The van der Waals surface area contributed by atoms with Crippen LogP contribution < -0.4 is 0 Å². The highest BCUT2D eigenvalue weighted by Gasteiger charge is 2.03. The van der Waals surface area contributed by atoms with Gasteiger partial charge in [-0.25, -0.2) is 13.6 Å². The number of rotatable bonds is 5. The fourth-order valence-corrected chi connectivity index (χ4v) is 0.397. The van der Waals surface area contributed by atoms with Crippen molar-refractivity contribution >= 4 is 17.9 Å². The van der Waals surface area contributed by atoms with E-state index in [4.69, 9.17) is 10.5 Å². The molecular weight excluding hydrogens is 170 g/mol. The summed E-state index contributed by atoms with van der Waals surface area (Å²) in [7, 11) is 0. The van der Waals surface area contributed by atoms with Crippen LogP contribution in [0.15, 0.2) is 4.99 Å². The van der Waals surface area contributed by atoms with Gasteiger partial charge in [0.25, 0.3) is 6.43 Å². The molecule has 0 atom stereocenters. The second kappa shape index (κ2) is 5.34. The maximum atomic E-state index is 11.4. The Morgan fingerprint density at radius 1 is 1.67 bits per heavy atom. The summed E-state index contributed by atoms with van der Waals surface area (Å²) in [4.78, 5) is 13.2. The van der Waals surface area contributed by atoms with Crippen LogP contribution >= 0.6 is 0 Å². The van der Waals surface area contributed by atoms with Crippen LogP contribution in [0.5, 0.6) is 0 Å². The SMILES string of the molecule is N=C(CC=NCC(F)F)C(=O)O. The summed E-state index contributed by atoms with van der Waals surface area (Å²) >= 11 is 0. The molecule has 0 aliphatic carbocycles. The van der Waals surface area contributed by atoms with Crippen molar-refractivity contribution in [1.29, 1.82) is 5.41 Å². The largest absolute Gasteiger partial charge is 0.477 e. The first kappa shape index (κ1) is 10.7. The van der Waals surface area contributed by atoms with Crippen LogP contribution in [0.1, 0.15) is 6.42 Å². The number of nitrogens with zero attached hydrogens (tertiary/aromatic N) is 1. The molecule has 12 heavy (non-hydrogen) atoms. The zero-order valence-electron chi connectivity index (χ0n) is 6.13. The molecule has 0 saturated heterocycles. The molecule has 6 heteroatoms. The second-order valence-corrected chi connectivity index (χ2v) is 1.93. The van der Waals surface area contributed by atoms with Crippen molar-refractivity contribution in [3.8, 4) is 0 Å². The number of halogens is 2. The number of hydrogen-bond acceptors (Lipinski definition) is 3. The highest BCUT2D eigenvalue weighted by Crippen LogP contribution is 1.91. The molecule has 0 fully saturated rings. The minimum Gasteiger partial charge on any atom is -0.477 e. The Bertz CT molecular complexity index is 204. The third-order valence-corrected chi connectivity index (χ3v) is 0.926. The van der Waals surface area contributed by atoms with E-state index in [9.17, 15) is 13.6 Å². The number of carboxylic acids is 1. The first-order valence-electron chi connectivity index (χ1n) is 3.11. The molecule has 68 valence electrons. The monoisotopic (exact) mass is 178 g/mol. The zero-order valence-corrected chi connectivity index (χ0v) is 6.13. The summed E-state index contributed by atoms with van der Waals surface area (Å²) in [6.45, 7) is -0.646. The van der Waals surface area contributed by atoms with Crippen molar-refractivity contribution in [2.24, 2.45) is 4.99 Å². The molecule has 2 N–H and O–H groups in total. The topological polar surface area (TPSA) is 73.5 Å². The second-order valence-electron chi connectivity index (χ2n) is 1.93. The predicted molar refractivity (Wildman–Crippen MR) is 39.3 cm³/mol. The summed E-state index contributed by atoms with van der Waals surface area (Å²) in [6.07, 6.45) is -1.75. The van der Waals surface area contributed by atoms with E-state index in [1.54, 1.807) is 0 Å². The zero-order chi connectivity index (χ0) is 9.56. The number of carbonyl (C=O) groups is 1. The van der Waals surface area contributed by atoms with Crippen LogP contribution in [0.3, 0.4) is 0 Å². The Labute approximate surface area is 67.4 Å². The molecule has 0 aromatic heterocycles. The van der Waals surface area contributed by atoms with Gasteiger partial charge >= 0.3 is 5.97 Å². The molecule has 0 aliphatic rings. The van der Waals surface area contributed by atoms with Crippen LogP contribution in [-0.2, 0) is 4.79 Å². The first-order chi connectivity index (χ1) is 5.54. The maximum absolute atomic E-state index is 11.4. The lowest BCUT2D eigenvalue weighted by Gasteiger charge is -1.91. The van der Waals surface area contributed by atoms with Crippen LogP contribution in [0.25, 0.3) is 0 Å². The van der Waals surface area contributed by atoms with Crippen molar-refractivity contribution in [2.75, 3.05) is 6.54 Å². The minimum absolute atomic E-state index is 0.220. The van der Waals surface area contributed by atoms with E-state index in [-0.39, 0.29) is 6.42 Å². The van der Waals surface area contributed by atoms with Gasteiger partial charge in [0.05, 0.1) is 6.54 Å². The normalized spacial score (nSPS) is 10.9. The molecule has 0 aromatic rings. The number of aliphatic imine (C=N–C) groups is 1. The van der Waals surface area contributed by atoms with Gasteiger partial charge < -0.3 is 5.11 Å². The van der Waals surface area contributed by atoms with Gasteiger partial charge in [0.2, 0.25) is 0 Å². The van der Waals surface area contributed by atoms with E-state index in [0.29, 0.717) is 0 Å². The lowest BCUT2D eigenvalue weighted by molar-refractivity contribution is -0.129. The third-order valence-electron chi connectivity index (χ3n) is 0.926. The van der Waals surface area contributed by atoms with Gasteiger partial charge in [0.1, 0.15) is 5.71 Å². The Morgan fingerprint density at radius 3 is 2.67 bits per heavy atom. The minimum atomic E-state index is -2.53. The molecule has 0 aromatic carbocycles. The summed E-state index contributed by atoms with van der Waals surface area (Å²) in [6, 6.07) is 0. The average Bonchev–Trinajstić information content (AvgIpc) is 1.97. The Morgan fingerprint density at radius 2 is 2.25 bits per heavy atom. The van der Waals surface area contributed by atoms with Gasteiger partial charge in [-0.1, -0.05) is 0 Å². The van der Waals surface area contributed by atoms with E-state index in [1.165, 1.54) is 0 Å². The van der Waals surface area contributed by atoms with Gasteiger partial charge in [-0.2, -0.15) is 0 Å². The summed E-state index contributed by atoms with van der Waals surface area (Å²) in [5.41, 5.74) is -0.562. The smallest absolute Gasteiger partial charge is 0.349 e. The summed E-state index contributed by atoms with van der Waals surface area (Å²) in [5.74, 6) is -1.36. The predicted octanol–water partition coefficient (Wildman–Crippen LogP) is 0.817. The Balaban J connectivity index is 3.61. The number of hydrogen-bond donors (Lipinski definition) is 2. The molecule has 0 rings (SSSR count). The van der Waals surface area contributed by atoms with Gasteiger partial charge in [-0.15, -0.1) is 0 Å². The van der Waals surface area contributed by atoms with E-state index in [0.717, 1.165) is 6.21 Å². The number of nitrogens with one attached hydrogen (secondary N) is 1. The number of alkyl halides is 2. The van der Waals surface area contributed by atoms with Crippen LogP contribution in [0.4, 0.5) is 8.78 Å².